The molecule has 1 aliphatic heterocycles. The molecule has 3 rings (SSSR count). The maximum Gasteiger partial charge on any atom is 0.213 e. The van der Waals surface area contributed by atoms with Gasteiger partial charge in [-0.15, -0.1) is 24.0 Å². The van der Waals surface area contributed by atoms with E-state index in [1.807, 2.05) is 37.4 Å². The van der Waals surface area contributed by atoms with Crippen molar-refractivity contribution in [3.8, 4) is 5.88 Å². The van der Waals surface area contributed by atoms with Gasteiger partial charge in [-0.2, -0.15) is 0 Å². The fraction of sp³-hybridized carbons (Fsp3) is 0.368. The smallest absolute Gasteiger partial charge is 0.213 e. The predicted molar refractivity (Wildman–Crippen MR) is 122 cm³/mol. The van der Waals surface area contributed by atoms with Crippen LogP contribution in [-0.2, 0) is 6.54 Å². The normalized spacial score (nSPS) is 14.6. The average molecular weight is 502 g/mol. The van der Waals surface area contributed by atoms with Crippen molar-refractivity contribution < 1.29 is 4.74 Å². The number of hydrogen-bond donors (Lipinski definition) is 1. The van der Waals surface area contributed by atoms with Crippen LogP contribution in [0.3, 0.4) is 0 Å². The van der Waals surface area contributed by atoms with Gasteiger partial charge in [-0.3, -0.25) is 4.99 Å². The van der Waals surface area contributed by atoms with Gasteiger partial charge >= 0.3 is 0 Å². The molecule has 0 radical (unpaired) electrons. The lowest BCUT2D eigenvalue weighted by molar-refractivity contribution is 0.372. The second-order valence-corrected chi connectivity index (χ2v) is 6.44. The number of hydrogen-bond acceptors (Lipinski definition) is 4. The summed E-state index contributed by atoms with van der Waals surface area (Å²) in [5.74, 6) is 1.52. The fourth-order valence-electron chi connectivity index (χ4n) is 3.05. The van der Waals surface area contributed by atoms with Crippen LogP contribution >= 0.6 is 35.6 Å². The third-order valence-electron chi connectivity index (χ3n) is 4.44. The lowest BCUT2D eigenvalue weighted by Crippen LogP contribution is -2.52. The molecule has 0 saturated carbocycles. The summed E-state index contributed by atoms with van der Waals surface area (Å²) in [5, 5.41) is 4.22. The number of piperazine rings is 1. The molecular weight excluding hydrogens is 477 g/mol. The van der Waals surface area contributed by atoms with E-state index in [0.29, 0.717) is 12.4 Å². The maximum atomic E-state index is 6.32. The summed E-state index contributed by atoms with van der Waals surface area (Å²) >= 11 is 6.32. The number of halogens is 2. The molecular formula is C19H25ClIN5O. The van der Waals surface area contributed by atoms with Crippen LogP contribution in [0.25, 0.3) is 0 Å². The second kappa shape index (κ2) is 10.6. The molecule has 8 heteroatoms. The van der Waals surface area contributed by atoms with E-state index in [1.165, 1.54) is 0 Å². The van der Waals surface area contributed by atoms with Crippen molar-refractivity contribution in [3.05, 3.63) is 53.2 Å². The van der Waals surface area contributed by atoms with Gasteiger partial charge in [0.2, 0.25) is 5.88 Å². The van der Waals surface area contributed by atoms with E-state index in [1.54, 1.807) is 13.3 Å². The Morgan fingerprint density at radius 2 is 1.96 bits per heavy atom. The number of methoxy groups -OCH3 is 1. The SMILES string of the molecule is CN=C(NCc1ccnc(OC)c1)N1CCN(c2ccccc2Cl)CC1.I. The molecule has 1 aromatic carbocycles. The molecule has 0 unspecified atom stereocenters. The molecule has 0 bridgehead atoms. The Labute approximate surface area is 182 Å². The standard InChI is InChI=1S/C19H24ClN5O.HI/c1-21-19(23-14-15-7-8-22-18(13-15)26-2)25-11-9-24(10-12-25)17-6-4-3-5-16(17)20;/h3-8,13H,9-12,14H2,1-2H3,(H,21,23);1H. The van der Waals surface area contributed by atoms with Crippen molar-refractivity contribution in [1.29, 1.82) is 0 Å². The van der Waals surface area contributed by atoms with Crippen molar-refractivity contribution in [2.24, 2.45) is 4.99 Å². The van der Waals surface area contributed by atoms with E-state index in [9.17, 15) is 0 Å². The maximum absolute atomic E-state index is 6.32. The van der Waals surface area contributed by atoms with Crippen molar-refractivity contribution in [3.63, 3.8) is 0 Å². The number of nitrogens with zero attached hydrogens (tertiary/aromatic N) is 4. The van der Waals surface area contributed by atoms with Crippen molar-refractivity contribution in [2.75, 3.05) is 45.2 Å². The van der Waals surface area contributed by atoms with Crippen LogP contribution in [0.15, 0.2) is 47.6 Å². The highest BCUT2D eigenvalue weighted by molar-refractivity contribution is 14.0. The van der Waals surface area contributed by atoms with Gasteiger partial charge in [0.1, 0.15) is 0 Å². The molecule has 1 fully saturated rings. The van der Waals surface area contributed by atoms with Crippen LogP contribution in [0.1, 0.15) is 5.56 Å². The third kappa shape index (κ3) is 5.62. The first-order valence-electron chi connectivity index (χ1n) is 8.65. The van der Waals surface area contributed by atoms with Crippen LogP contribution in [0.5, 0.6) is 5.88 Å². The molecule has 6 nitrogen and oxygen atoms in total. The molecule has 0 aliphatic carbocycles. The number of rotatable bonds is 4. The zero-order valence-electron chi connectivity index (χ0n) is 15.6. The van der Waals surface area contributed by atoms with E-state index >= 15 is 0 Å². The lowest BCUT2D eigenvalue weighted by atomic mass is 10.2. The van der Waals surface area contributed by atoms with Gasteiger partial charge in [0, 0.05) is 52.0 Å². The first-order valence-corrected chi connectivity index (χ1v) is 9.03. The van der Waals surface area contributed by atoms with E-state index in [-0.39, 0.29) is 24.0 Å². The van der Waals surface area contributed by atoms with Crippen LogP contribution in [0.4, 0.5) is 5.69 Å². The van der Waals surface area contributed by atoms with Crippen molar-refractivity contribution >= 4 is 47.2 Å². The Kier molecular flexibility index (Phi) is 8.43. The van der Waals surface area contributed by atoms with E-state index in [4.69, 9.17) is 16.3 Å². The Morgan fingerprint density at radius 1 is 1.22 bits per heavy atom. The Hall–Kier alpha value is -1.74. The molecule has 1 aromatic heterocycles. The van der Waals surface area contributed by atoms with E-state index in [0.717, 1.165) is 48.4 Å². The highest BCUT2D eigenvalue weighted by Gasteiger charge is 2.20. The number of pyridine rings is 1. The quantitative estimate of drug-likeness (QED) is 0.396. The summed E-state index contributed by atoms with van der Waals surface area (Å²) < 4.78 is 5.17. The molecule has 1 saturated heterocycles. The molecule has 0 atom stereocenters. The third-order valence-corrected chi connectivity index (χ3v) is 4.76. The van der Waals surface area contributed by atoms with Crippen LogP contribution in [-0.4, -0.2) is 56.2 Å². The number of para-hydroxylation sites is 1. The molecule has 0 spiro atoms. The van der Waals surface area contributed by atoms with Gasteiger partial charge in [0.05, 0.1) is 17.8 Å². The van der Waals surface area contributed by atoms with Crippen LogP contribution in [0, 0.1) is 0 Å². The summed E-state index contributed by atoms with van der Waals surface area (Å²) in [6.45, 7) is 4.28. The van der Waals surface area contributed by atoms with Gasteiger partial charge in [0.25, 0.3) is 0 Å². The lowest BCUT2D eigenvalue weighted by Gasteiger charge is -2.38. The average Bonchev–Trinajstić information content (AvgIpc) is 2.69. The van der Waals surface area contributed by atoms with E-state index < -0.39 is 0 Å². The highest BCUT2D eigenvalue weighted by atomic mass is 127. The first kappa shape index (κ1) is 21.6. The molecule has 2 aromatic rings. The topological polar surface area (TPSA) is 53.0 Å². The highest BCUT2D eigenvalue weighted by Crippen LogP contribution is 2.26. The number of anilines is 1. The number of aliphatic imine (C=N–C) groups is 1. The second-order valence-electron chi connectivity index (χ2n) is 6.03. The van der Waals surface area contributed by atoms with Gasteiger partial charge < -0.3 is 19.9 Å². The summed E-state index contributed by atoms with van der Waals surface area (Å²) in [4.78, 5) is 13.1. The van der Waals surface area contributed by atoms with Crippen LogP contribution in [0.2, 0.25) is 5.02 Å². The zero-order valence-corrected chi connectivity index (χ0v) is 18.6. The van der Waals surface area contributed by atoms with Crippen LogP contribution < -0.4 is 15.0 Å². The van der Waals surface area contributed by atoms with Gasteiger partial charge in [-0.25, -0.2) is 4.98 Å². The summed E-state index contributed by atoms with van der Waals surface area (Å²) in [6, 6.07) is 11.9. The number of guanidine groups is 1. The molecule has 146 valence electrons. The molecule has 0 amide bonds. The minimum absolute atomic E-state index is 0. The molecule has 2 heterocycles. The number of ether oxygens (including phenoxy) is 1. The molecule has 1 aliphatic rings. The Bertz CT molecular complexity index is 765. The number of nitrogens with one attached hydrogen (secondary N) is 1. The summed E-state index contributed by atoms with van der Waals surface area (Å²) in [7, 11) is 3.44. The Balaban J connectivity index is 0.00000261. The van der Waals surface area contributed by atoms with E-state index in [2.05, 4.69) is 31.2 Å². The fourth-order valence-corrected chi connectivity index (χ4v) is 3.31. The van der Waals surface area contributed by atoms with Crippen molar-refractivity contribution in [1.82, 2.24) is 15.2 Å². The summed E-state index contributed by atoms with van der Waals surface area (Å²) in [5.41, 5.74) is 2.20. The van der Waals surface area contributed by atoms with Gasteiger partial charge in [0.15, 0.2) is 5.96 Å². The van der Waals surface area contributed by atoms with Gasteiger partial charge in [-0.1, -0.05) is 23.7 Å². The molecule has 27 heavy (non-hydrogen) atoms. The first-order chi connectivity index (χ1) is 12.7. The largest absolute Gasteiger partial charge is 0.481 e. The number of aromatic nitrogens is 1. The minimum atomic E-state index is 0. The predicted octanol–water partition coefficient (Wildman–Crippen LogP) is 3.26. The van der Waals surface area contributed by atoms with Gasteiger partial charge in [-0.05, 0) is 23.8 Å². The Morgan fingerprint density at radius 3 is 2.63 bits per heavy atom. The zero-order chi connectivity index (χ0) is 18.4. The molecule has 1 N–H and O–H groups in total. The monoisotopic (exact) mass is 501 g/mol. The minimum Gasteiger partial charge on any atom is -0.481 e. The number of benzene rings is 1. The summed E-state index contributed by atoms with van der Waals surface area (Å²) in [6.07, 6.45) is 1.75. The van der Waals surface area contributed by atoms with Crippen molar-refractivity contribution in [2.45, 2.75) is 6.54 Å².